The zero-order chi connectivity index (χ0) is 11.5. The first-order valence-corrected chi connectivity index (χ1v) is 5.85. The summed E-state index contributed by atoms with van der Waals surface area (Å²) in [5, 5.41) is 3.34. The summed E-state index contributed by atoms with van der Waals surface area (Å²) < 4.78 is 2.13. The van der Waals surface area contributed by atoms with E-state index in [-0.39, 0.29) is 0 Å². The highest BCUT2D eigenvalue weighted by Crippen LogP contribution is 2.16. The minimum absolute atomic E-state index is 1.03. The van der Waals surface area contributed by atoms with Crippen molar-refractivity contribution in [3.05, 3.63) is 29.6 Å². The first kappa shape index (κ1) is 11.1. The Kier molecular flexibility index (Phi) is 3.25. The van der Waals surface area contributed by atoms with E-state index in [1.54, 1.807) is 0 Å². The predicted molar refractivity (Wildman–Crippen MR) is 67.7 cm³/mol. The Hall–Kier alpha value is -1.35. The SMILES string of the molecule is CCNCCc1ccc2c(c1)nc(C)n2C. The number of fused-ring (bicyclic) bond motifs is 1. The van der Waals surface area contributed by atoms with Crippen molar-refractivity contribution in [2.24, 2.45) is 7.05 Å². The molecule has 3 nitrogen and oxygen atoms in total. The molecule has 86 valence electrons. The predicted octanol–water partition coefficient (Wildman–Crippen LogP) is 2.03. The van der Waals surface area contributed by atoms with E-state index in [0.717, 1.165) is 30.9 Å². The molecule has 16 heavy (non-hydrogen) atoms. The lowest BCUT2D eigenvalue weighted by molar-refractivity contribution is 0.717. The fraction of sp³-hybridized carbons (Fsp3) is 0.462. The fourth-order valence-electron chi connectivity index (χ4n) is 1.93. The van der Waals surface area contributed by atoms with E-state index >= 15 is 0 Å². The van der Waals surface area contributed by atoms with Gasteiger partial charge in [-0.3, -0.25) is 0 Å². The van der Waals surface area contributed by atoms with Crippen LogP contribution in [0, 0.1) is 6.92 Å². The van der Waals surface area contributed by atoms with Crippen molar-refractivity contribution < 1.29 is 0 Å². The van der Waals surface area contributed by atoms with Crippen LogP contribution in [-0.4, -0.2) is 22.6 Å². The van der Waals surface area contributed by atoms with Crippen molar-refractivity contribution in [3.63, 3.8) is 0 Å². The zero-order valence-electron chi connectivity index (χ0n) is 10.2. The average Bonchev–Trinajstić information content (AvgIpc) is 2.55. The average molecular weight is 217 g/mol. The Morgan fingerprint density at radius 1 is 1.38 bits per heavy atom. The third-order valence-corrected chi connectivity index (χ3v) is 3.01. The van der Waals surface area contributed by atoms with Crippen LogP contribution in [0.2, 0.25) is 0 Å². The monoisotopic (exact) mass is 217 g/mol. The van der Waals surface area contributed by atoms with Crippen LogP contribution in [0.25, 0.3) is 11.0 Å². The molecule has 0 atom stereocenters. The molecule has 1 aromatic carbocycles. The van der Waals surface area contributed by atoms with E-state index in [4.69, 9.17) is 0 Å². The summed E-state index contributed by atoms with van der Waals surface area (Å²) in [6.07, 6.45) is 1.07. The van der Waals surface area contributed by atoms with Gasteiger partial charge in [0.15, 0.2) is 0 Å². The largest absolute Gasteiger partial charge is 0.331 e. The molecular formula is C13H19N3. The maximum atomic E-state index is 4.54. The molecular weight excluding hydrogens is 198 g/mol. The molecule has 0 aliphatic carbocycles. The van der Waals surface area contributed by atoms with Crippen molar-refractivity contribution >= 4 is 11.0 Å². The van der Waals surface area contributed by atoms with Gasteiger partial charge in [-0.05, 0) is 44.1 Å². The lowest BCUT2D eigenvalue weighted by atomic mass is 10.1. The van der Waals surface area contributed by atoms with Gasteiger partial charge in [0.05, 0.1) is 11.0 Å². The molecule has 0 bridgehead atoms. The third-order valence-electron chi connectivity index (χ3n) is 3.01. The lowest BCUT2D eigenvalue weighted by Crippen LogP contribution is -2.15. The highest BCUT2D eigenvalue weighted by Gasteiger charge is 2.04. The van der Waals surface area contributed by atoms with Gasteiger partial charge >= 0.3 is 0 Å². The molecule has 1 N–H and O–H groups in total. The van der Waals surface area contributed by atoms with Gasteiger partial charge in [-0.15, -0.1) is 0 Å². The summed E-state index contributed by atoms with van der Waals surface area (Å²) in [7, 11) is 2.06. The molecule has 0 unspecified atom stereocenters. The van der Waals surface area contributed by atoms with Crippen LogP contribution in [0.4, 0.5) is 0 Å². The van der Waals surface area contributed by atoms with Gasteiger partial charge in [-0.1, -0.05) is 13.0 Å². The number of rotatable bonds is 4. The molecule has 0 saturated heterocycles. The molecule has 0 fully saturated rings. The zero-order valence-corrected chi connectivity index (χ0v) is 10.2. The topological polar surface area (TPSA) is 29.9 Å². The summed E-state index contributed by atoms with van der Waals surface area (Å²) in [6, 6.07) is 6.55. The number of hydrogen-bond donors (Lipinski definition) is 1. The molecule has 0 radical (unpaired) electrons. The van der Waals surface area contributed by atoms with Gasteiger partial charge < -0.3 is 9.88 Å². The molecule has 2 rings (SSSR count). The second-order valence-corrected chi connectivity index (χ2v) is 4.14. The Morgan fingerprint density at radius 2 is 2.19 bits per heavy atom. The smallest absolute Gasteiger partial charge is 0.106 e. The van der Waals surface area contributed by atoms with E-state index in [0.29, 0.717) is 0 Å². The van der Waals surface area contributed by atoms with Gasteiger partial charge in [-0.25, -0.2) is 4.98 Å². The Labute approximate surface area is 96.5 Å². The highest BCUT2D eigenvalue weighted by molar-refractivity contribution is 5.76. The number of hydrogen-bond acceptors (Lipinski definition) is 2. The van der Waals surface area contributed by atoms with Gasteiger partial charge in [0.25, 0.3) is 0 Å². The van der Waals surface area contributed by atoms with E-state index in [1.807, 2.05) is 6.92 Å². The minimum atomic E-state index is 1.03. The molecule has 0 spiro atoms. The summed E-state index contributed by atoms with van der Waals surface area (Å²) in [4.78, 5) is 4.54. The number of benzene rings is 1. The van der Waals surface area contributed by atoms with E-state index in [1.165, 1.54) is 11.1 Å². The van der Waals surface area contributed by atoms with Crippen LogP contribution in [0.5, 0.6) is 0 Å². The highest BCUT2D eigenvalue weighted by atomic mass is 15.0. The molecule has 0 aliphatic heterocycles. The van der Waals surface area contributed by atoms with E-state index in [2.05, 4.69) is 47.0 Å². The molecule has 0 amide bonds. The van der Waals surface area contributed by atoms with Gasteiger partial charge in [-0.2, -0.15) is 0 Å². The number of aromatic nitrogens is 2. The van der Waals surface area contributed by atoms with E-state index in [9.17, 15) is 0 Å². The molecule has 2 aromatic rings. The standard InChI is InChI=1S/C13H19N3/c1-4-14-8-7-11-5-6-13-12(9-11)15-10(2)16(13)3/h5-6,9,14H,4,7-8H2,1-3H3. The van der Waals surface area contributed by atoms with Crippen LogP contribution in [0.15, 0.2) is 18.2 Å². The van der Waals surface area contributed by atoms with Crippen molar-refractivity contribution in [3.8, 4) is 0 Å². The minimum Gasteiger partial charge on any atom is -0.331 e. The fourth-order valence-corrected chi connectivity index (χ4v) is 1.93. The maximum absolute atomic E-state index is 4.54. The maximum Gasteiger partial charge on any atom is 0.106 e. The van der Waals surface area contributed by atoms with Gasteiger partial charge in [0, 0.05) is 7.05 Å². The normalized spacial score (nSPS) is 11.2. The van der Waals surface area contributed by atoms with Crippen molar-refractivity contribution in [1.29, 1.82) is 0 Å². The second-order valence-electron chi connectivity index (χ2n) is 4.14. The quantitative estimate of drug-likeness (QED) is 0.794. The number of nitrogens with one attached hydrogen (secondary N) is 1. The second kappa shape index (κ2) is 4.66. The Balaban J connectivity index is 2.23. The van der Waals surface area contributed by atoms with Crippen LogP contribution in [0.3, 0.4) is 0 Å². The summed E-state index contributed by atoms with van der Waals surface area (Å²) in [6.45, 7) is 6.24. The first-order valence-electron chi connectivity index (χ1n) is 5.85. The molecule has 0 aliphatic rings. The van der Waals surface area contributed by atoms with Crippen LogP contribution >= 0.6 is 0 Å². The van der Waals surface area contributed by atoms with Crippen molar-refractivity contribution in [2.75, 3.05) is 13.1 Å². The summed E-state index contributed by atoms with van der Waals surface area (Å²) >= 11 is 0. The molecule has 1 heterocycles. The van der Waals surface area contributed by atoms with Gasteiger partial charge in [0.2, 0.25) is 0 Å². The third kappa shape index (κ3) is 2.09. The Bertz CT molecular complexity index is 485. The Morgan fingerprint density at radius 3 is 2.94 bits per heavy atom. The van der Waals surface area contributed by atoms with Crippen molar-refractivity contribution in [2.45, 2.75) is 20.3 Å². The number of aryl methyl sites for hydroxylation is 2. The molecule has 0 saturated carbocycles. The molecule has 1 aromatic heterocycles. The van der Waals surface area contributed by atoms with Crippen LogP contribution < -0.4 is 5.32 Å². The molecule has 3 heteroatoms. The van der Waals surface area contributed by atoms with E-state index < -0.39 is 0 Å². The lowest BCUT2D eigenvalue weighted by Gasteiger charge is -2.02. The number of likely N-dealkylation sites (N-methyl/N-ethyl adjacent to an activating group) is 1. The van der Waals surface area contributed by atoms with Crippen LogP contribution in [-0.2, 0) is 13.5 Å². The first-order chi connectivity index (χ1) is 7.72. The van der Waals surface area contributed by atoms with Crippen LogP contribution in [0.1, 0.15) is 18.3 Å². The van der Waals surface area contributed by atoms with Crippen molar-refractivity contribution in [1.82, 2.24) is 14.9 Å². The number of imidazole rings is 1. The number of nitrogens with zero attached hydrogens (tertiary/aromatic N) is 2. The summed E-state index contributed by atoms with van der Waals surface area (Å²) in [5.41, 5.74) is 3.67. The summed E-state index contributed by atoms with van der Waals surface area (Å²) in [5.74, 6) is 1.07. The van der Waals surface area contributed by atoms with Gasteiger partial charge in [0.1, 0.15) is 5.82 Å².